The Hall–Kier alpha value is -4.07. The number of aliphatic hydroxyl groups excluding tert-OH is 1. The number of amides is 2. The average Bonchev–Trinajstić information content (AvgIpc) is 2.98. The van der Waals surface area contributed by atoms with Crippen LogP contribution in [0.4, 0.5) is 4.79 Å². The monoisotopic (exact) mass is 630 g/mol. The van der Waals surface area contributed by atoms with E-state index in [0.29, 0.717) is 12.0 Å². The van der Waals surface area contributed by atoms with Gasteiger partial charge >= 0.3 is 6.09 Å². The number of hydrazone groups is 1. The zero-order valence-electron chi connectivity index (χ0n) is 27.5. The summed E-state index contributed by atoms with van der Waals surface area (Å²) in [4.78, 5) is 52.6. The molecule has 0 saturated carbocycles. The molecule has 2 aliphatic rings. The standard InChI is InChI=1S/C32H46N4O9/c1-17-13-21-27(38)25(22(16-34-36(5)6)28(39)30(21)44-9)35-31(40)18(2)11-10-12-23(42-7)29(45-32(33)41)20(4)15-19(3)26(37)24(14-17)43-8/h10-12,15-17,19,23-24,26,29,37H,13-14H2,1-9H3,(H2,33,41)(H,35,40)/b12-10+,18-11-,20-15-,34-16+/t17-,19+,23+,24-,26+,29-/m0/s1. The smallest absolute Gasteiger partial charge is 0.405 e. The fraction of sp³-hybridized carbons (Fsp3) is 0.531. The van der Waals surface area contributed by atoms with Crippen molar-refractivity contribution in [3.8, 4) is 0 Å². The number of nitrogens with one attached hydrogen (secondary N) is 1. The van der Waals surface area contributed by atoms with Crippen molar-refractivity contribution in [3.05, 3.63) is 58.1 Å². The number of Topliss-reactive ketones (excluding diaryl/α,β-unsaturated/α-hetero) is 2. The number of methoxy groups -OCH3 is 3. The molecule has 1 aliphatic carbocycles. The van der Waals surface area contributed by atoms with Gasteiger partial charge in [-0.3, -0.25) is 14.4 Å². The molecule has 0 aromatic rings. The lowest BCUT2D eigenvalue weighted by Gasteiger charge is -2.30. The topological polar surface area (TPSA) is 179 Å². The lowest BCUT2D eigenvalue weighted by Crippen LogP contribution is -2.38. The Labute approximate surface area is 264 Å². The van der Waals surface area contributed by atoms with Gasteiger partial charge in [0.15, 0.2) is 11.9 Å². The molecule has 0 saturated heterocycles. The lowest BCUT2D eigenvalue weighted by atomic mass is 9.84. The molecule has 13 heteroatoms. The summed E-state index contributed by atoms with van der Waals surface area (Å²) < 4.78 is 22.0. The van der Waals surface area contributed by atoms with E-state index in [-0.39, 0.29) is 40.5 Å². The summed E-state index contributed by atoms with van der Waals surface area (Å²) in [7, 11) is 7.49. The molecule has 4 N–H and O–H groups in total. The summed E-state index contributed by atoms with van der Waals surface area (Å²) in [6, 6.07) is 0. The van der Waals surface area contributed by atoms with Gasteiger partial charge < -0.3 is 40.1 Å². The minimum Gasteiger partial charge on any atom is -0.492 e. The number of nitrogens with two attached hydrogens (primary N) is 1. The van der Waals surface area contributed by atoms with Crippen LogP contribution in [0.5, 0.6) is 0 Å². The number of allylic oxidation sites excluding steroid dienone is 4. The summed E-state index contributed by atoms with van der Waals surface area (Å²) in [5.74, 6) is -2.70. The molecule has 0 aromatic heterocycles. The second-order valence-electron chi connectivity index (χ2n) is 11.4. The zero-order chi connectivity index (χ0) is 34.0. The first-order valence-corrected chi connectivity index (χ1v) is 14.5. The molecule has 0 spiro atoms. The van der Waals surface area contributed by atoms with E-state index in [1.165, 1.54) is 51.6 Å². The van der Waals surface area contributed by atoms with Gasteiger partial charge in [0.2, 0.25) is 11.6 Å². The number of hydrogen-bond acceptors (Lipinski definition) is 11. The van der Waals surface area contributed by atoms with E-state index in [1.54, 1.807) is 40.1 Å². The van der Waals surface area contributed by atoms with E-state index in [4.69, 9.17) is 24.7 Å². The summed E-state index contributed by atoms with van der Waals surface area (Å²) >= 11 is 0. The molecular formula is C32H46N4O9. The molecule has 2 bridgehead atoms. The van der Waals surface area contributed by atoms with Crippen molar-refractivity contribution in [2.45, 2.75) is 65.0 Å². The highest BCUT2D eigenvalue weighted by atomic mass is 16.6. The molecule has 0 aromatic carbocycles. The van der Waals surface area contributed by atoms with Gasteiger partial charge in [0.25, 0.3) is 5.91 Å². The number of hydrogen-bond donors (Lipinski definition) is 3. The van der Waals surface area contributed by atoms with Crippen molar-refractivity contribution in [2.75, 3.05) is 35.4 Å². The molecule has 2 rings (SSSR count). The summed E-state index contributed by atoms with van der Waals surface area (Å²) in [6.45, 7) is 6.90. The Morgan fingerprint density at radius 1 is 1.11 bits per heavy atom. The quantitative estimate of drug-likeness (QED) is 0.171. The van der Waals surface area contributed by atoms with E-state index in [1.807, 2.05) is 6.92 Å². The van der Waals surface area contributed by atoms with Crippen LogP contribution in [0.3, 0.4) is 0 Å². The van der Waals surface area contributed by atoms with E-state index >= 15 is 0 Å². The Morgan fingerprint density at radius 3 is 2.33 bits per heavy atom. The zero-order valence-corrected chi connectivity index (χ0v) is 27.5. The van der Waals surface area contributed by atoms with Crippen LogP contribution in [0.1, 0.15) is 40.5 Å². The Balaban J connectivity index is 2.75. The SMILES string of the molecule is COC1=C2C[C@H](C)C[C@H](OC)[C@H](O)[C@H](C)/C=C(/C)[C@H](OC(N)=O)[C@H](OC)/C=C/C=C(/C)C(=O)NC(=C(/C=N/N(C)C)C1=O)C2=O. The maximum atomic E-state index is 13.9. The maximum absolute atomic E-state index is 13.9. The Kier molecular flexibility index (Phi) is 13.9. The molecule has 0 radical (unpaired) electrons. The highest BCUT2D eigenvalue weighted by molar-refractivity contribution is 6.32. The first kappa shape index (κ1) is 37.1. The molecule has 248 valence electrons. The van der Waals surface area contributed by atoms with Crippen molar-refractivity contribution in [1.82, 2.24) is 10.3 Å². The largest absolute Gasteiger partial charge is 0.492 e. The van der Waals surface area contributed by atoms with E-state index < -0.39 is 53.9 Å². The van der Waals surface area contributed by atoms with Crippen LogP contribution in [0.2, 0.25) is 0 Å². The van der Waals surface area contributed by atoms with Crippen molar-refractivity contribution >= 4 is 29.8 Å². The average molecular weight is 631 g/mol. The third-order valence-electron chi connectivity index (χ3n) is 7.56. The number of carbonyl (C=O) groups is 4. The van der Waals surface area contributed by atoms with Gasteiger partial charge in [0, 0.05) is 45.4 Å². The fourth-order valence-corrected chi connectivity index (χ4v) is 5.17. The van der Waals surface area contributed by atoms with Crippen LogP contribution in [-0.4, -0.2) is 99.7 Å². The molecule has 0 unspecified atom stereocenters. The number of aliphatic hydroxyl groups is 1. The third kappa shape index (κ3) is 9.71. The van der Waals surface area contributed by atoms with E-state index in [0.717, 1.165) is 0 Å². The fourth-order valence-electron chi connectivity index (χ4n) is 5.17. The minimum absolute atomic E-state index is 0.0919. The number of rotatable bonds is 6. The van der Waals surface area contributed by atoms with Crippen LogP contribution in [0.15, 0.2) is 63.2 Å². The first-order valence-electron chi connectivity index (χ1n) is 14.5. The van der Waals surface area contributed by atoms with Crippen molar-refractivity contribution in [1.29, 1.82) is 0 Å². The van der Waals surface area contributed by atoms with Crippen LogP contribution >= 0.6 is 0 Å². The van der Waals surface area contributed by atoms with E-state index in [9.17, 15) is 24.3 Å². The first-order chi connectivity index (χ1) is 21.2. The predicted molar refractivity (Wildman–Crippen MR) is 168 cm³/mol. The van der Waals surface area contributed by atoms with Gasteiger partial charge in [-0.05, 0) is 38.2 Å². The summed E-state index contributed by atoms with van der Waals surface area (Å²) in [6.07, 6.45) is 3.55. The molecule has 2 amide bonds. The highest BCUT2D eigenvalue weighted by Gasteiger charge is 2.37. The molecule has 1 heterocycles. The number of carbonyl (C=O) groups excluding carboxylic acids is 4. The Bertz CT molecular complexity index is 1330. The summed E-state index contributed by atoms with van der Waals surface area (Å²) in [5, 5.41) is 19.4. The number of ketones is 2. The predicted octanol–water partition coefficient (Wildman–Crippen LogP) is 2.33. The number of fused-ring (bicyclic) bond motifs is 2. The number of nitrogens with zero attached hydrogens (tertiary/aromatic N) is 2. The molecule has 0 fully saturated rings. The Morgan fingerprint density at radius 2 is 1.78 bits per heavy atom. The van der Waals surface area contributed by atoms with Gasteiger partial charge in [0.1, 0.15) is 11.8 Å². The van der Waals surface area contributed by atoms with Gasteiger partial charge in [-0.2, -0.15) is 5.10 Å². The number of primary amides is 1. The molecular weight excluding hydrogens is 584 g/mol. The summed E-state index contributed by atoms with van der Waals surface area (Å²) in [5.41, 5.74) is 5.87. The molecule has 13 nitrogen and oxygen atoms in total. The van der Waals surface area contributed by atoms with Gasteiger partial charge in [-0.15, -0.1) is 0 Å². The van der Waals surface area contributed by atoms with E-state index in [2.05, 4.69) is 10.4 Å². The van der Waals surface area contributed by atoms with Gasteiger partial charge in [-0.25, -0.2) is 4.79 Å². The third-order valence-corrected chi connectivity index (χ3v) is 7.56. The second-order valence-corrected chi connectivity index (χ2v) is 11.4. The molecule has 1 aliphatic heterocycles. The van der Waals surface area contributed by atoms with Crippen LogP contribution in [0, 0.1) is 11.8 Å². The number of ether oxygens (including phenoxy) is 4. The maximum Gasteiger partial charge on any atom is 0.405 e. The van der Waals surface area contributed by atoms with Crippen LogP contribution in [0.25, 0.3) is 0 Å². The lowest BCUT2D eigenvalue weighted by molar-refractivity contribution is -0.121. The van der Waals surface area contributed by atoms with Crippen LogP contribution in [-0.2, 0) is 33.3 Å². The molecule has 6 atom stereocenters. The van der Waals surface area contributed by atoms with Crippen molar-refractivity contribution in [3.63, 3.8) is 0 Å². The van der Waals surface area contributed by atoms with Gasteiger partial charge in [-0.1, -0.05) is 38.2 Å². The second kappa shape index (κ2) is 16.8. The normalized spacial score (nSPS) is 30.8. The van der Waals surface area contributed by atoms with Crippen molar-refractivity contribution in [2.24, 2.45) is 22.7 Å². The van der Waals surface area contributed by atoms with Crippen LogP contribution < -0.4 is 11.1 Å². The molecule has 45 heavy (non-hydrogen) atoms. The van der Waals surface area contributed by atoms with Crippen molar-refractivity contribution < 1.29 is 43.2 Å². The van der Waals surface area contributed by atoms with Gasteiger partial charge in [0.05, 0.1) is 31.1 Å². The highest BCUT2D eigenvalue weighted by Crippen LogP contribution is 2.31. The minimum atomic E-state index is -1.01.